The van der Waals surface area contributed by atoms with Gasteiger partial charge in [-0.05, 0) is 26.9 Å². The topological polar surface area (TPSA) is 6.48 Å². The maximum absolute atomic E-state index is 4.96. The highest BCUT2D eigenvalue weighted by molar-refractivity contribution is 7.78. The molecular formula is C10H22N2S. The summed E-state index contributed by atoms with van der Waals surface area (Å²) < 4.78 is 0. The molecule has 0 bridgehead atoms. The van der Waals surface area contributed by atoms with E-state index in [1.165, 1.54) is 0 Å². The van der Waals surface area contributed by atoms with Gasteiger partial charge in [0, 0.05) is 19.1 Å². The van der Waals surface area contributed by atoms with Crippen molar-refractivity contribution in [3.63, 3.8) is 0 Å². The molecule has 78 valence electrons. The Labute approximate surface area is 87.9 Å². The highest BCUT2D eigenvalue weighted by Crippen LogP contribution is 1.99. The van der Waals surface area contributed by atoms with Gasteiger partial charge in [0.05, 0.1) is 5.49 Å². The lowest BCUT2D eigenvalue weighted by Gasteiger charge is -2.30. The zero-order valence-corrected chi connectivity index (χ0v) is 10.1. The average Bonchev–Trinajstić information content (AvgIpc) is 2.16. The van der Waals surface area contributed by atoms with Crippen LogP contribution in [0.1, 0.15) is 27.7 Å². The summed E-state index contributed by atoms with van der Waals surface area (Å²) in [6.07, 6.45) is 0. The van der Waals surface area contributed by atoms with Gasteiger partial charge in [-0.1, -0.05) is 26.1 Å². The van der Waals surface area contributed by atoms with Crippen molar-refractivity contribution in [1.29, 1.82) is 0 Å². The Morgan fingerprint density at radius 2 is 1.69 bits per heavy atom. The van der Waals surface area contributed by atoms with Crippen molar-refractivity contribution in [1.82, 2.24) is 9.80 Å². The summed E-state index contributed by atoms with van der Waals surface area (Å²) in [6.45, 7) is 13.1. The van der Waals surface area contributed by atoms with Crippen molar-refractivity contribution >= 4 is 17.7 Å². The fraction of sp³-hybridized carbons (Fsp3) is 0.900. The van der Waals surface area contributed by atoms with E-state index >= 15 is 0 Å². The summed E-state index contributed by atoms with van der Waals surface area (Å²) in [6, 6.07) is 0.530. The van der Waals surface area contributed by atoms with Crippen LogP contribution in [0.2, 0.25) is 0 Å². The fourth-order valence-electron chi connectivity index (χ4n) is 1.45. The first-order valence-electron chi connectivity index (χ1n) is 5.12. The van der Waals surface area contributed by atoms with Crippen molar-refractivity contribution in [2.24, 2.45) is 0 Å². The molecule has 0 radical (unpaired) electrons. The maximum Gasteiger partial charge on any atom is 0.0643 e. The van der Waals surface area contributed by atoms with E-state index in [2.05, 4.69) is 37.5 Å². The van der Waals surface area contributed by atoms with Gasteiger partial charge in [0.25, 0.3) is 0 Å². The van der Waals surface area contributed by atoms with E-state index in [1.807, 2.05) is 0 Å². The van der Waals surface area contributed by atoms with E-state index in [1.54, 1.807) is 5.49 Å². The molecule has 0 fully saturated rings. The van der Waals surface area contributed by atoms with Gasteiger partial charge < -0.3 is 9.80 Å². The largest absolute Gasteiger partial charge is 0.365 e. The molecular weight excluding hydrogens is 180 g/mol. The van der Waals surface area contributed by atoms with Crippen LogP contribution >= 0.6 is 12.2 Å². The van der Waals surface area contributed by atoms with Gasteiger partial charge in [0.15, 0.2) is 0 Å². The molecule has 0 saturated heterocycles. The van der Waals surface area contributed by atoms with Gasteiger partial charge in [-0.3, -0.25) is 0 Å². The molecule has 0 aliphatic heterocycles. The fourth-order valence-corrected chi connectivity index (χ4v) is 1.81. The predicted octanol–water partition coefficient (Wildman–Crippen LogP) is 2.00. The van der Waals surface area contributed by atoms with E-state index in [-0.39, 0.29) is 0 Å². The molecule has 1 unspecified atom stereocenters. The van der Waals surface area contributed by atoms with Crippen LogP contribution in [0.25, 0.3) is 0 Å². The van der Waals surface area contributed by atoms with Crippen molar-refractivity contribution < 1.29 is 0 Å². The van der Waals surface area contributed by atoms with Crippen molar-refractivity contribution in [2.75, 3.05) is 26.2 Å². The third-order valence-electron chi connectivity index (χ3n) is 2.48. The normalized spacial score (nSPS) is 13.0. The van der Waals surface area contributed by atoms with Crippen LogP contribution in [-0.4, -0.2) is 47.5 Å². The summed E-state index contributed by atoms with van der Waals surface area (Å²) in [5.74, 6) is 0. The number of nitrogens with zero attached hydrogens (tertiary/aromatic N) is 2. The first kappa shape index (κ1) is 12.8. The van der Waals surface area contributed by atoms with E-state index < -0.39 is 0 Å². The average molecular weight is 202 g/mol. The Morgan fingerprint density at radius 3 is 2.00 bits per heavy atom. The molecule has 0 aromatic carbocycles. The standard InChI is InChI=1S/C10H22N2S/c1-5-11(6-2)8-10(4)12(7-3)9-13/h9-10H,5-8H2,1-4H3. The molecule has 0 spiro atoms. The van der Waals surface area contributed by atoms with Crippen molar-refractivity contribution in [2.45, 2.75) is 33.7 Å². The predicted molar refractivity (Wildman–Crippen MR) is 63.3 cm³/mol. The van der Waals surface area contributed by atoms with Crippen LogP contribution in [0.5, 0.6) is 0 Å². The molecule has 0 heterocycles. The molecule has 0 N–H and O–H groups in total. The van der Waals surface area contributed by atoms with Gasteiger partial charge in [-0.25, -0.2) is 0 Å². The van der Waals surface area contributed by atoms with Crippen LogP contribution in [0.3, 0.4) is 0 Å². The molecule has 0 saturated carbocycles. The van der Waals surface area contributed by atoms with E-state index in [9.17, 15) is 0 Å². The highest BCUT2D eigenvalue weighted by atomic mass is 32.1. The van der Waals surface area contributed by atoms with E-state index in [4.69, 9.17) is 12.2 Å². The van der Waals surface area contributed by atoms with Gasteiger partial charge in [-0.2, -0.15) is 0 Å². The summed E-state index contributed by atoms with van der Waals surface area (Å²) in [5.41, 5.74) is 1.77. The van der Waals surface area contributed by atoms with Crippen molar-refractivity contribution in [3.8, 4) is 0 Å². The SMILES string of the molecule is CCN(CC)CC(C)N(C=S)CC. The molecule has 13 heavy (non-hydrogen) atoms. The summed E-state index contributed by atoms with van der Waals surface area (Å²) in [5, 5.41) is 0. The molecule has 0 aliphatic rings. The smallest absolute Gasteiger partial charge is 0.0643 e. The lowest BCUT2D eigenvalue weighted by molar-refractivity contribution is 0.225. The molecule has 2 nitrogen and oxygen atoms in total. The molecule has 1 atom stereocenters. The molecule has 0 rings (SSSR count). The lowest BCUT2D eigenvalue weighted by Crippen LogP contribution is -2.41. The Hall–Kier alpha value is -0.150. The Balaban J connectivity index is 3.94. The summed E-state index contributed by atoms with van der Waals surface area (Å²) >= 11 is 4.96. The molecule has 0 aromatic rings. The number of rotatable bonds is 7. The monoisotopic (exact) mass is 202 g/mol. The third kappa shape index (κ3) is 4.58. The van der Waals surface area contributed by atoms with Crippen LogP contribution in [-0.2, 0) is 0 Å². The third-order valence-corrected chi connectivity index (χ3v) is 2.75. The van der Waals surface area contributed by atoms with Gasteiger partial charge in [0.2, 0.25) is 0 Å². The molecule has 0 aromatic heterocycles. The zero-order valence-electron chi connectivity index (χ0n) is 9.29. The van der Waals surface area contributed by atoms with E-state index in [0.717, 1.165) is 26.2 Å². The van der Waals surface area contributed by atoms with Crippen LogP contribution in [0, 0.1) is 0 Å². The summed E-state index contributed by atoms with van der Waals surface area (Å²) in [4.78, 5) is 4.62. The molecule has 0 amide bonds. The number of hydrogen-bond donors (Lipinski definition) is 0. The molecule has 3 heteroatoms. The first-order valence-corrected chi connectivity index (χ1v) is 5.60. The number of likely N-dealkylation sites (N-methyl/N-ethyl adjacent to an activating group) is 2. The highest BCUT2D eigenvalue weighted by Gasteiger charge is 2.10. The van der Waals surface area contributed by atoms with Crippen LogP contribution in [0.4, 0.5) is 0 Å². The first-order chi connectivity index (χ1) is 6.19. The molecule has 0 aliphatic carbocycles. The lowest BCUT2D eigenvalue weighted by atomic mass is 10.2. The minimum Gasteiger partial charge on any atom is -0.365 e. The minimum atomic E-state index is 0.530. The zero-order chi connectivity index (χ0) is 10.3. The van der Waals surface area contributed by atoms with E-state index in [0.29, 0.717) is 6.04 Å². The van der Waals surface area contributed by atoms with Gasteiger partial charge in [0.1, 0.15) is 0 Å². The number of thiocarbonyl (C=S) groups is 1. The van der Waals surface area contributed by atoms with Crippen molar-refractivity contribution in [3.05, 3.63) is 0 Å². The number of hydrogen-bond acceptors (Lipinski definition) is 2. The van der Waals surface area contributed by atoms with Gasteiger partial charge in [-0.15, -0.1) is 0 Å². The second kappa shape index (κ2) is 7.27. The second-order valence-electron chi connectivity index (χ2n) is 3.27. The second-order valence-corrected chi connectivity index (χ2v) is 3.48. The van der Waals surface area contributed by atoms with Crippen LogP contribution in [0.15, 0.2) is 0 Å². The minimum absolute atomic E-state index is 0.530. The Bertz CT molecular complexity index is 135. The van der Waals surface area contributed by atoms with Gasteiger partial charge >= 0.3 is 0 Å². The quantitative estimate of drug-likeness (QED) is 0.583. The maximum atomic E-state index is 4.96. The van der Waals surface area contributed by atoms with Crippen LogP contribution < -0.4 is 0 Å². The summed E-state index contributed by atoms with van der Waals surface area (Å²) in [7, 11) is 0. The Morgan fingerprint density at radius 1 is 1.15 bits per heavy atom. The Kier molecular flexibility index (Phi) is 7.19.